The number of aromatic nitrogens is 3. The minimum absolute atomic E-state index is 0.0578. The van der Waals surface area contributed by atoms with E-state index in [4.69, 9.17) is 15.7 Å². The lowest BCUT2D eigenvalue weighted by Gasteiger charge is -2.31. The van der Waals surface area contributed by atoms with Crippen molar-refractivity contribution >= 4 is 11.7 Å². The third kappa shape index (κ3) is 3.21. The van der Waals surface area contributed by atoms with Gasteiger partial charge in [-0.2, -0.15) is 0 Å². The Labute approximate surface area is 147 Å². The lowest BCUT2D eigenvalue weighted by atomic mass is 9.84. The maximum atomic E-state index is 11.8. The van der Waals surface area contributed by atoms with Gasteiger partial charge in [-0.15, -0.1) is 0 Å². The number of pyridine rings is 1. The van der Waals surface area contributed by atoms with Crippen molar-refractivity contribution in [2.24, 2.45) is 11.7 Å². The molecule has 2 aliphatic rings. The zero-order chi connectivity index (χ0) is 17.2. The first-order valence-corrected chi connectivity index (χ1v) is 9.09. The lowest BCUT2D eigenvalue weighted by molar-refractivity contribution is -0.122. The first kappa shape index (κ1) is 16.0. The Kier molecular flexibility index (Phi) is 4.34. The number of amides is 1. The molecule has 6 nitrogen and oxygen atoms in total. The molecule has 2 aliphatic carbocycles. The van der Waals surface area contributed by atoms with E-state index in [1.807, 2.05) is 18.2 Å². The summed E-state index contributed by atoms with van der Waals surface area (Å²) in [6.07, 6.45) is 8.77. The number of hydrogen-bond acceptors (Lipinski definition) is 5. The summed E-state index contributed by atoms with van der Waals surface area (Å²) in [6, 6.07) is 5.81. The van der Waals surface area contributed by atoms with E-state index >= 15 is 0 Å². The van der Waals surface area contributed by atoms with E-state index in [2.05, 4.69) is 10.3 Å². The van der Waals surface area contributed by atoms with Gasteiger partial charge in [0, 0.05) is 23.5 Å². The predicted octanol–water partition coefficient (Wildman–Crippen LogP) is 2.48. The molecule has 3 N–H and O–H groups in total. The molecule has 0 aliphatic heterocycles. The summed E-state index contributed by atoms with van der Waals surface area (Å²) in [7, 11) is 0. The fraction of sp³-hybridized carbons (Fsp3) is 0.474. The third-order valence-corrected chi connectivity index (χ3v) is 5.28. The molecule has 2 aromatic heterocycles. The summed E-state index contributed by atoms with van der Waals surface area (Å²) in [5.74, 6) is 1.17. The van der Waals surface area contributed by atoms with Gasteiger partial charge >= 0.3 is 0 Å². The predicted molar refractivity (Wildman–Crippen MR) is 95.9 cm³/mol. The van der Waals surface area contributed by atoms with Gasteiger partial charge in [-0.1, -0.05) is 18.9 Å². The summed E-state index contributed by atoms with van der Waals surface area (Å²) in [5.41, 5.74) is 8.69. The van der Waals surface area contributed by atoms with E-state index in [0.717, 1.165) is 62.2 Å². The van der Waals surface area contributed by atoms with E-state index in [1.165, 1.54) is 5.56 Å². The van der Waals surface area contributed by atoms with E-state index in [-0.39, 0.29) is 17.9 Å². The van der Waals surface area contributed by atoms with Crippen molar-refractivity contribution in [2.75, 3.05) is 5.32 Å². The Morgan fingerprint density at radius 2 is 2.00 bits per heavy atom. The quantitative estimate of drug-likeness (QED) is 0.894. The maximum absolute atomic E-state index is 11.8. The van der Waals surface area contributed by atoms with E-state index in [0.29, 0.717) is 5.82 Å². The van der Waals surface area contributed by atoms with Gasteiger partial charge in [0.1, 0.15) is 11.5 Å². The zero-order valence-corrected chi connectivity index (χ0v) is 14.2. The molecule has 0 radical (unpaired) electrons. The molecular formula is C19H23N5O. The van der Waals surface area contributed by atoms with Gasteiger partial charge < -0.3 is 11.1 Å². The van der Waals surface area contributed by atoms with E-state index in [9.17, 15) is 4.79 Å². The van der Waals surface area contributed by atoms with Crippen LogP contribution in [0, 0.1) is 5.92 Å². The highest BCUT2D eigenvalue weighted by atomic mass is 16.1. The second-order valence-electron chi connectivity index (χ2n) is 6.93. The average Bonchev–Trinajstić information content (AvgIpc) is 3.11. The topological polar surface area (TPSA) is 93.8 Å². The van der Waals surface area contributed by atoms with Crippen LogP contribution in [0.3, 0.4) is 0 Å². The molecule has 4 rings (SSSR count). The van der Waals surface area contributed by atoms with Gasteiger partial charge in [0.15, 0.2) is 5.82 Å². The Bertz CT molecular complexity index is 777. The first-order valence-electron chi connectivity index (χ1n) is 9.09. The second-order valence-corrected chi connectivity index (χ2v) is 6.93. The highest BCUT2D eigenvalue weighted by Crippen LogP contribution is 2.32. The monoisotopic (exact) mass is 337 g/mol. The summed E-state index contributed by atoms with van der Waals surface area (Å²) in [6.45, 7) is 0. The second kappa shape index (κ2) is 6.78. The van der Waals surface area contributed by atoms with Gasteiger partial charge in [0.2, 0.25) is 5.91 Å². The molecule has 1 amide bonds. The van der Waals surface area contributed by atoms with Crippen molar-refractivity contribution in [3.63, 3.8) is 0 Å². The van der Waals surface area contributed by atoms with Gasteiger partial charge in [-0.05, 0) is 44.2 Å². The van der Waals surface area contributed by atoms with Crippen LogP contribution in [0.5, 0.6) is 0 Å². The van der Waals surface area contributed by atoms with Crippen molar-refractivity contribution in [3.8, 4) is 11.5 Å². The standard InChI is InChI=1S/C19H23N5O/c20-17(25)12-6-1-2-8-14(12)22-18-13-7-5-10-15(13)23-19(24-18)16-9-3-4-11-21-16/h3-4,9,11-12,14H,1-2,5-8,10H2,(H2,20,25)(H,22,23,24). The van der Waals surface area contributed by atoms with Crippen LogP contribution in [0.25, 0.3) is 11.5 Å². The van der Waals surface area contributed by atoms with Crippen LogP contribution in [-0.4, -0.2) is 26.9 Å². The number of primary amides is 1. The SMILES string of the molecule is NC(=O)C1CCCCC1Nc1nc(-c2ccccn2)nc2c1CCC2. The van der Waals surface area contributed by atoms with Gasteiger partial charge in [0.25, 0.3) is 0 Å². The van der Waals surface area contributed by atoms with Gasteiger partial charge in [0.05, 0.1) is 5.92 Å². The number of nitrogens with two attached hydrogens (primary N) is 1. The van der Waals surface area contributed by atoms with Crippen LogP contribution in [0.15, 0.2) is 24.4 Å². The molecule has 6 heteroatoms. The molecule has 2 unspecified atom stereocenters. The number of rotatable bonds is 4. The van der Waals surface area contributed by atoms with Crippen molar-refractivity contribution < 1.29 is 4.79 Å². The summed E-state index contributed by atoms with van der Waals surface area (Å²) >= 11 is 0. The number of nitrogens with zero attached hydrogens (tertiary/aromatic N) is 3. The Hall–Kier alpha value is -2.50. The molecule has 0 spiro atoms. The Morgan fingerprint density at radius 3 is 2.80 bits per heavy atom. The number of carbonyl (C=O) groups is 1. The minimum Gasteiger partial charge on any atom is -0.369 e. The smallest absolute Gasteiger partial charge is 0.222 e. The highest BCUT2D eigenvalue weighted by Gasteiger charge is 2.31. The molecule has 0 saturated heterocycles. The average molecular weight is 337 g/mol. The fourth-order valence-electron chi connectivity index (χ4n) is 3.98. The van der Waals surface area contributed by atoms with Crippen molar-refractivity contribution in [3.05, 3.63) is 35.7 Å². The Balaban J connectivity index is 1.69. The lowest BCUT2D eigenvalue weighted by Crippen LogP contribution is -2.41. The van der Waals surface area contributed by atoms with Crippen LogP contribution in [0.4, 0.5) is 5.82 Å². The molecule has 2 atom stereocenters. The molecule has 130 valence electrons. The van der Waals surface area contributed by atoms with Crippen molar-refractivity contribution in [1.29, 1.82) is 0 Å². The molecular weight excluding hydrogens is 314 g/mol. The number of carbonyl (C=O) groups excluding carboxylic acids is 1. The molecule has 0 bridgehead atoms. The summed E-state index contributed by atoms with van der Waals surface area (Å²) in [5, 5.41) is 3.54. The zero-order valence-electron chi connectivity index (χ0n) is 14.2. The first-order chi connectivity index (χ1) is 12.2. The van der Waals surface area contributed by atoms with Crippen LogP contribution >= 0.6 is 0 Å². The van der Waals surface area contributed by atoms with Crippen molar-refractivity contribution in [2.45, 2.75) is 51.0 Å². The number of hydrogen-bond donors (Lipinski definition) is 2. The normalized spacial score (nSPS) is 22.4. The molecule has 2 aromatic rings. The number of anilines is 1. The molecule has 1 saturated carbocycles. The highest BCUT2D eigenvalue weighted by molar-refractivity contribution is 5.78. The van der Waals surface area contributed by atoms with E-state index < -0.39 is 0 Å². The molecule has 2 heterocycles. The third-order valence-electron chi connectivity index (χ3n) is 5.28. The van der Waals surface area contributed by atoms with Gasteiger partial charge in [-0.25, -0.2) is 9.97 Å². The molecule has 25 heavy (non-hydrogen) atoms. The van der Waals surface area contributed by atoms with Crippen LogP contribution in [0.2, 0.25) is 0 Å². The number of aryl methyl sites for hydroxylation is 1. The molecule has 1 fully saturated rings. The van der Waals surface area contributed by atoms with Gasteiger partial charge in [-0.3, -0.25) is 9.78 Å². The fourth-order valence-corrected chi connectivity index (χ4v) is 3.98. The van der Waals surface area contributed by atoms with Crippen LogP contribution in [0.1, 0.15) is 43.4 Å². The largest absolute Gasteiger partial charge is 0.369 e. The van der Waals surface area contributed by atoms with Crippen LogP contribution < -0.4 is 11.1 Å². The van der Waals surface area contributed by atoms with E-state index in [1.54, 1.807) is 6.20 Å². The minimum atomic E-state index is -0.215. The number of nitrogens with one attached hydrogen (secondary N) is 1. The molecule has 0 aromatic carbocycles. The number of fused-ring (bicyclic) bond motifs is 1. The Morgan fingerprint density at radius 1 is 1.12 bits per heavy atom. The summed E-state index contributed by atoms with van der Waals surface area (Å²) < 4.78 is 0. The van der Waals surface area contributed by atoms with Crippen LogP contribution in [-0.2, 0) is 17.6 Å². The maximum Gasteiger partial charge on any atom is 0.222 e. The van der Waals surface area contributed by atoms with Crippen molar-refractivity contribution in [1.82, 2.24) is 15.0 Å². The summed E-state index contributed by atoms with van der Waals surface area (Å²) in [4.78, 5) is 25.7.